The first-order valence-corrected chi connectivity index (χ1v) is 10.0. The summed E-state index contributed by atoms with van der Waals surface area (Å²) < 4.78 is 5.47. The first-order valence-electron chi connectivity index (χ1n) is 10.0. The molecular formula is C20H28N6O. The Morgan fingerprint density at radius 3 is 2.30 bits per heavy atom. The lowest BCUT2D eigenvalue weighted by atomic mass is 10.1. The van der Waals surface area contributed by atoms with Crippen molar-refractivity contribution in [1.29, 1.82) is 0 Å². The Bertz CT molecular complexity index is 712. The minimum Gasteiger partial charge on any atom is -0.378 e. The van der Waals surface area contributed by atoms with Gasteiger partial charge in [0.25, 0.3) is 0 Å². The van der Waals surface area contributed by atoms with E-state index in [0.29, 0.717) is 37.1 Å². The second-order valence-electron chi connectivity index (χ2n) is 7.21. The van der Waals surface area contributed by atoms with E-state index in [0.717, 1.165) is 18.8 Å². The molecule has 4 rings (SSSR count). The van der Waals surface area contributed by atoms with E-state index in [9.17, 15) is 0 Å². The summed E-state index contributed by atoms with van der Waals surface area (Å²) in [5.41, 5.74) is 0.969. The van der Waals surface area contributed by atoms with Gasteiger partial charge >= 0.3 is 0 Å². The van der Waals surface area contributed by atoms with Gasteiger partial charge in [-0.15, -0.1) is 0 Å². The van der Waals surface area contributed by atoms with Crippen LogP contribution in [0.5, 0.6) is 0 Å². The molecule has 1 aliphatic carbocycles. The summed E-state index contributed by atoms with van der Waals surface area (Å²) in [6, 6.07) is 10.5. The molecule has 0 atom stereocenters. The van der Waals surface area contributed by atoms with Gasteiger partial charge in [-0.3, -0.25) is 0 Å². The molecule has 2 aromatic rings. The fraction of sp³-hybridized carbons (Fsp3) is 0.550. The summed E-state index contributed by atoms with van der Waals surface area (Å²) in [4.78, 5) is 16.2. The van der Waals surface area contributed by atoms with Crippen LogP contribution in [0.15, 0.2) is 30.3 Å². The number of anilines is 4. The van der Waals surface area contributed by atoms with E-state index in [2.05, 4.69) is 25.5 Å². The van der Waals surface area contributed by atoms with Crippen LogP contribution in [-0.4, -0.2) is 47.3 Å². The molecule has 2 fully saturated rings. The average Bonchev–Trinajstić information content (AvgIpc) is 2.98. The minimum atomic E-state index is 0.442. The Morgan fingerprint density at radius 2 is 1.56 bits per heavy atom. The van der Waals surface area contributed by atoms with Gasteiger partial charge in [0.2, 0.25) is 17.8 Å². The second-order valence-corrected chi connectivity index (χ2v) is 7.21. The zero-order valence-electron chi connectivity index (χ0n) is 15.7. The summed E-state index contributed by atoms with van der Waals surface area (Å²) in [5, 5.41) is 6.88. The van der Waals surface area contributed by atoms with Gasteiger partial charge in [-0.1, -0.05) is 43.9 Å². The zero-order valence-corrected chi connectivity index (χ0v) is 15.7. The standard InChI is InChI=1S/C20H28N6O/c1-2-5-9-16(8-4-1)21-18-23-19(22-17-10-6-3-7-11-17)25-20(24-18)26-12-14-27-15-13-26/h3,6-7,10-11,16H,1-2,4-5,8-9,12-15H2,(H2,21,22,23,24,25). The van der Waals surface area contributed by atoms with E-state index < -0.39 is 0 Å². The van der Waals surface area contributed by atoms with Crippen molar-refractivity contribution in [3.05, 3.63) is 30.3 Å². The van der Waals surface area contributed by atoms with E-state index in [-0.39, 0.29) is 0 Å². The van der Waals surface area contributed by atoms with Gasteiger partial charge in [0.1, 0.15) is 0 Å². The number of rotatable bonds is 5. The van der Waals surface area contributed by atoms with Crippen molar-refractivity contribution in [3.63, 3.8) is 0 Å². The van der Waals surface area contributed by atoms with Gasteiger partial charge < -0.3 is 20.3 Å². The van der Waals surface area contributed by atoms with E-state index in [1.165, 1.54) is 38.5 Å². The topological polar surface area (TPSA) is 75.2 Å². The van der Waals surface area contributed by atoms with Gasteiger partial charge in [-0.05, 0) is 25.0 Å². The largest absolute Gasteiger partial charge is 0.378 e. The lowest BCUT2D eigenvalue weighted by Gasteiger charge is -2.27. The third-order valence-corrected chi connectivity index (χ3v) is 5.14. The maximum Gasteiger partial charge on any atom is 0.233 e. The van der Waals surface area contributed by atoms with Crippen LogP contribution >= 0.6 is 0 Å². The normalized spacial score (nSPS) is 18.7. The Labute approximate surface area is 160 Å². The number of aromatic nitrogens is 3. The number of hydrogen-bond donors (Lipinski definition) is 2. The summed E-state index contributed by atoms with van der Waals surface area (Å²) in [7, 11) is 0. The fourth-order valence-corrected chi connectivity index (χ4v) is 3.65. The first-order chi connectivity index (χ1) is 13.4. The van der Waals surface area contributed by atoms with E-state index in [1.807, 2.05) is 30.3 Å². The third kappa shape index (κ3) is 5.07. The number of nitrogens with one attached hydrogen (secondary N) is 2. The molecule has 0 amide bonds. The van der Waals surface area contributed by atoms with Crippen molar-refractivity contribution in [2.45, 2.75) is 44.6 Å². The molecule has 2 aliphatic rings. The maximum atomic E-state index is 5.47. The Kier molecular flexibility index (Phi) is 5.99. The number of ether oxygens (including phenoxy) is 1. The molecule has 0 radical (unpaired) electrons. The minimum absolute atomic E-state index is 0.442. The Hall–Kier alpha value is -2.41. The lowest BCUT2D eigenvalue weighted by molar-refractivity contribution is 0.122. The van der Waals surface area contributed by atoms with Crippen LogP contribution in [0.1, 0.15) is 38.5 Å². The predicted octanol–water partition coefficient (Wildman–Crippen LogP) is 3.59. The van der Waals surface area contributed by atoms with Crippen molar-refractivity contribution in [1.82, 2.24) is 15.0 Å². The molecule has 2 heterocycles. The van der Waals surface area contributed by atoms with Crippen LogP contribution in [0.2, 0.25) is 0 Å². The summed E-state index contributed by atoms with van der Waals surface area (Å²) in [5.74, 6) is 1.95. The zero-order chi connectivity index (χ0) is 18.3. The molecule has 7 nitrogen and oxygen atoms in total. The highest BCUT2D eigenvalue weighted by Gasteiger charge is 2.19. The molecule has 1 saturated heterocycles. The molecule has 1 aromatic heterocycles. The van der Waals surface area contributed by atoms with Gasteiger partial charge in [-0.25, -0.2) is 0 Å². The smallest absolute Gasteiger partial charge is 0.233 e. The molecule has 144 valence electrons. The number of nitrogens with zero attached hydrogens (tertiary/aromatic N) is 4. The number of morpholine rings is 1. The van der Waals surface area contributed by atoms with Crippen molar-refractivity contribution >= 4 is 23.5 Å². The molecule has 2 N–H and O–H groups in total. The number of benzene rings is 1. The molecular weight excluding hydrogens is 340 g/mol. The third-order valence-electron chi connectivity index (χ3n) is 5.14. The monoisotopic (exact) mass is 368 g/mol. The van der Waals surface area contributed by atoms with Crippen molar-refractivity contribution < 1.29 is 4.74 Å². The van der Waals surface area contributed by atoms with Crippen LogP contribution in [0.25, 0.3) is 0 Å². The molecule has 0 unspecified atom stereocenters. The van der Waals surface area contributed by atoms with Gasteiger partial charge in [0, 0.05) is 24.8 Å². The molecule has 1 saturated carbocycles. The summed E-state index contributed by atoms with van der Waals surface area (Å²) in [6.07, 6.45) is 7.56. The highest BCUT2D eigenvalue weighted by molar-refractivity contribution is 5.55. The second kappa shape index (κ2) is 8.99. The van der Waals surface area contributed by atoms with Crippen molar-refractivity contribution in [2.75, 3.05) is 41.8 Å². The van der Waals surface area contributed by atoms with Crippen LogP contribution in [-0.2, 0) is 4.74 Å². The van der Waals surface area contributed by atoms with Crippen LogP contribution in [0.4, 0.5) is 23.5 Å². The highest BCUT2D eigenvalue weighted by Crippen LogP contribution is 2.22. The summed E-state index contributed by atoms with van der Waals surface area (Å²) in [6.45, 7) is 3.02. The van der Waals surface area contributed by atoms with E-state index >= 15 is 0 Å². The quantitative estimate of drug-likeness (QED) is 0.781. The average molecular weight is 368 g/mol. The predicted molar refractivity (Wildman–Crippen MR) is 108 cm³/mol. The van der Waals surface area contributed by atoms with Crippen LogP contribution < -0.4 is 15.5 Å². The maximum absolute atomic E-state index is 5.47. The van der Waals surface area contributed by atoms with Crippen molar-refractivity contribution in [2.24, 2.45) is 0 Å². The molecule has 27 heavy (non-hydrogen) atoms. The van der Waals surface area contributed by atoms with E-state index in [1.54, 1.807) is 0 Å². The summed E-state index contributed by atoms with van der Waals surface area (Å²) >= 11 is 0. The van der Waals surface area contributed by atoms with E-state index in [4.69, 9.17) is 9.72 Å². The number of hydrogen-bond acceptors (Lipinski definition) is 7. The SMILES string of the molecule is c1ccc(Nc2nc(NC3CCCCCC3)nc(N3CCOCC3)n2)cc1. The van der Waals surface area contributed by atoms with Crippen molar-refractivity contribution in [3.8, 4) is 0 Å². The fourth-order valence-electron chi connectivity index (χ4n) is 3.65. The highest BCUT2D eigenvalue weighted by atomic mass is 16.5. The molecule has 7 heteroatoms. The van der Waals surface area contributed by atoms with Gasteiger partial charge in [0.15, 0.2) is 0 Å². The Balaban J connectivity index is 1.57. The molecule has 1 aromatic carbocycles. The van der Waals surface area contributed by atoms with Crippen LogP contribution in [0, 0.1) is 0 Å². The molecule has 0 spiro atoms. The lowest BCUT2D eigenvalue weighted by Crippen LogP contribution is -2.37. The molecule has 0 bridgehead atoms. The molecule has 1 aliphatic heterocycles. The van der Waals surface area contributed by atoms with Gasteiger partial charge in [0.05, 0.1) is 13.2 Å². The Morgan fingerprint density at radius 1 is 0.852 bits per heavy atom. The van der Waals surface area contributed by atoms with Gasteiger partial charge in [-0.2, -0.15) is 15.0 Å². The van der Waals surface area contributed by atoms with Crippen LogP contribution in [0.3, 0.4) is 0 Å². The number of para-hydroxylation sites is 1. The first kappa shape index (κ1) is 18.0.